The van der Waals surface area contributed by atoms with Gasteiger partial charge in [-0.3, -0.25) is 0 Å². The number of hydrogen-bond acceptors (Lipinski definition) is 3. The molecule has 0 aromatic heterocycles. The SMILES string of the molecule is COc1cccc(NC(=O)N(C)C2CC3CCC(C2)N3)c1. The number of amides is 2. The van der Waals surface area contributed by atoms with Crippen LogP contribution in [0.5, 0.6) is 5.75 Å². The van der Waals surface area contributed by atoms with Gasteiger partial charge in [-0.2, -0.15) is 0 Å². The summed E-state index contributed by atoms with van der Waals surface area (Å²) < 4.78 is 5.18. The van der Waals surface area contributed by atoms with Crippen molar-refractivity contribution in [1.82, 2.24) is 10.2 Å². The highest BCUT2D eigenvalue weighted by molar-refractivity contribution is 5.89. The highest BCUT2D eigenvalue weighted by Gasteiger charge is 2.36. The van der Waals surface area contributed by atoms with Crippen molar-refractivity contribution in [1.29, 1.82) is 0 Å². The van der Waals surface area contributed by atoms with Crippen molar-refractivity contribution in [2.45, 2.75) is 43.8 Å². The topological polar surface area (TPSA) is 53.6 Å². The van der Waals surface area contributed by atoms with Crippen LogP contribution in [-0.4, -0.2) is 43.2 Å². The standard InChI is InChI=1S/C16H23N3O2/c1-19(14-8-12-6-7-13(9-14)17-12)16(20)18-11-4-3-5-15(10-11)21-2/h3-5,10,12-14,17H,6-9H2,1-2H3,(H,18,20). The highest BCUT2D eigenvalue weighted by atomic mass is 16.5. The van der Waals surface area contributed by atoms with Gasteiger partial charge in [0, 0.05) is 36.9 Å². The zero-order valence-corrected chi connectivity index (χ0v) is 12.6. The van der Waals surface area contributed by atoms with Gasteiger partial charge in [0.25, 0.3) is 0 Å². The molecule has 1 aromatic rings. The summed E-state index contributed by atoms with van der Waals surface area (Å²) in [5.41, 5.74) is 0.767. The van der Waals surface area contributed by atoms with Crippen LogP contribution < -0.4 is 15.4 Å². The van der Waals surface area contributed by atoms with Crippen LogP contribution in [0.3, 0.4) is 0 Å². The summed E-state index contributed by atoms with van der Waals surface area (Å²) in [6.07, 6.45) is 4.59. The Kier molecular flexibility index (Phi) is 4.01. The molecule has 2 N–H and O–H groups in total. The summed E-state index contributed by atoms with van der Waals surface area (Å²) in [7, 11) is 3.52. The molecule has 1 aromatic carbocycles. The first-order valence-corrected chi connectivity index (χ1v) is 7.59. The smallest absolute Gasteiger partial charge is 0.321 e. The van der Waals surface area contributed by atoms with Crippen LogP contribution in [0.15, 0.2) is 24.3 Å². The molecular formula is C16H23N3O2. The summed E-state index contributed by atoms with van der Waals surface area (Å²) in [6, 6.07) is 8.90. The monoisotopic (exact) mass is 289 g/mol. The van der Waals surface area contributed by atoms with Crippen molar-refractivity contribution < 1.29 is 9.53 Å². The quantitative estimate of drug-likeness (QED) is 0.898. The van der Waals surface area contributed by atoms with E-state index in [-0.39, 0.29) is 6.03 Å². The third-order valence-electron chi connectivity index (χ3n) is 4.64. The fourth-order valence-corrected chi connectivity index (χ4v) is 3.42. The Morgan fingerprint density at radius 2 is 2.05 bits per heavy atom. The summed E-state index contributed by atoms with van der Waals surface area (Å²) in [5, 5.41) is 6.55. The zero-order valence-electron chi connectivity index (χ0n) is 12.6. The molecule has 5 nitrogen and oxygen atoms in total. The van der Waals surface area contributed by atoms with Crippen LogP contribution in [0.1, 0.15) is 25.7 Å². The van der Waals surface area contributed by atoms with E-state index >= 15 is 0 Å². The number of benzene rings is 1. The van der Waals surface area contributed by atoms with E-state index in [1.54, 1.807) is 7.11 Å². The van der Waals surface area contributed by atoms with Gasteiger partial charge < -0.3 is 20.3 Å². The molecule has 2 unspecified atom stereocenters. The van der Waals surface area contributed by atoms with Crippen molar-refractivity contribution in [2.24, 2.45) is 0 Å². The summed E-state index contributed by atoms with van der Waals surface area (Å²) in [5.74, 6) is 0.746. The number of rotatable bonds is 3. The van der Waals surface area contributed by atoms with Gasteiger partial charge in [0.15, 0.2) is 0 Å². The number of nitrogens with one attached hydrogen (secondary N) is 2. The van der Waals surface area contributed by atoms with Gasteiger partial charge in [-0.05, 0) is 37.8 Å². The zero-order chi connectivity index (χ0) is 14.8. The maximum absolute atomic E-state index is 12.4. The molecule has 0 radical (unpaired) electrons. The van der Waals surface area contributed by atoms with Crippen LogP contribution in [0.25, 0.3) is 0 Å². The van der Waals surface area contributed by atoms with Gasteiger partial charge in [0.2, 0.25) is 0 Å². The summed E-state index contributed by atoms with van der Waals surface area (Å²) in [4.78, 5) is 14.3. The molecule has 2 amide bonds. The third-order valence-corrected chi connectivity index (χ3v) is 4.64. The minimum absolute atomic E-state index is 0.0467. The fraction of sp³-hybridized carbons (Fsp3) is 0.562. The number of ether oxygens (including phenoxy) is 1. The maximum Gasteiger partial charge on any atom is 0.321 e. The number of anilines is 1. The molecule has 114 valence electrons. The second-order valence-corrected chi connectivity index (χ2v) is 6.04. The number of methoxy groups -OCH3 is 1. The number of urea groups is 1. The lowest BCUT2D eigenvalue weighted by atomic mass is 9.99. The second-order valence-electron chi connectivity index (χ2n) is 6.04. The lowest BCUT2D eigenvalue weighted by Gasteiger charge is -2.35. The number of nitrogens with zero attached hydrogens (tertiary/aromatic N) is 1. The molecule has 2 saturated heterocycles. The van der Waals surface area contributed by atoms with Crippen molar-refractivity contribution in [2.75, 3.05) is 19.5 Å². The molecular weight excluding hydrogens is 266 g/mol. The van der Waals surface area contributed by atoms with Gasteiger partial charge in [0.05, 0.1) is 7.11 Å². The minimum atomic E-state index is -0.0467. The van der Waals surface area contributed by atoms with E-state index in [4.69, 9.17) is 4.74 Å². The van der Waals surface area contributed by atoms with E-state index in [1.807, 2.05) is 36.2 Å². The van der Waals surface area contributed by atoms with Crippen molar-refractivity contribution >= 4 is 11.7 Å². The normalized spacial score (nSPS) is 27.2. The Bertz CT molecular complexity index is 508. The van der Waals surface area contributed by atoms with Crippen LogP contribution in [-0.2, 0) is 0 Å². The third kappa shape index (κ3) is 3.13. The first-order chi connectivity index (χ1) is 10.2. The first-order valence-electron chi connectivity index (χ1n) is 7.59. The Morgan fingerprint density at radius 3 is 2.71 bits per heavy atom. The molecule has 2 bridgehead atoms. The molecule has 0 aliphatic carbocycles. The average Bonchev–Trinajstić information content (AvgIpc) is 2.85. The Balaban J connectivity index is 1.61. The molecule has 0 saturated carbocycles. The minimum Gasteiger partial charge on any atom is -0.497 e. The molecule has 2 heterocycles. The average molecular weight is 289 g/mol. The number of hydrogen-bond donors (Lipinski definition) is 2. The van der Waals surface area contributed by atoms with E-state index in [1.165, 1.54) is 12.8 Å². The number of piperidine rings is 1. The van der Waals surface area contributed by atoms with E-state index in [0.717, 1.165) is 24.3 Å². The Labute approximate surface area is 125 Å². The number of carbonyl (C=O) groups is 1. The molecule has 0 spiro atoms. The Hall–Kier alpha value is -1.75. The molecule has 3 rings (SSSR count). The summed E-state index contributed by atoms with van der Waals surface area (Å²) >= 11 is 0. The second kappa shape index (κ2) is 5.93. The van der Waals surface area contributed by atoms with Gasteiger partial charge in [-0.25, -0.2) is 4.79 Å². The van der Waals surface area contributed by atoms with E-state index in [2.05, 4.69) is 10.6 Å². The van der Waals surface area contributed by atoms with E-state index < -0.39 is 0 Å². The van der Waals surface area contributed by atoms with Crippen LogP contribution in [0.4, 0.5) is 10.5 Å². The number of fused-ring (bicyclic) bond motifs is 2. The highest BCUT2D eigenvalue weighted by Crippen LogP contribution is 2.29. The van der Waals surface area contributed by atoms with E-state index in [9.17, 15) is 4.79 Å². The van der Waals surface area contributed by atoms with E-state index in [0.29, 0.717) is 18.1 Å². The first kappa shape index (κ1) is 14.2. The molecule has 2 atom stereocenters. The van der Waals surface area contributed by atoms with Crippen molar-refractivity contribution in [3.05, 3.63) is 24.3 Å². The predicted octanol–water partition coefficient (Wildman–Crippen LogP) is 2.44. The van der Waals surface area contributed by atoms with Gasteiger partial charge >= 0.3 is 6.03 Å². The lowest BCUT2D eigenvalue weighted by Crippen LogP contribution is -2.49. The van der Waals surface area contributed by atoms with Gasteiger partial charge in [-0.15, -0.1) is 0 Å². The summed E-state index contributed by atoms with van der Waals surface area (Å²) in [6.45, 7) is 0. The lowest BCUT2D eigenvalue weighted by molar-refractivity contribution is 0.176. The largest absolute Gasteiger partial charge is 0.497 e. The Morgan fingerprint density at radius 1 is 1.33 bits per heavy atom. The predicted molar refractivity (Wildman–Crippen MR) is 82.7 cm³/mol. The molecule has 2 fully saturated rings. The number of carbonyl (C=O) groups excluding carboxylic acids is 1. The van der Waals surface area contributed by atoms with Crippen LogP contribution >= 0.6 is 0 Å². The van der Waals surface area contributed by atoms with Gasteiger partial charge in [0.1, 0.15) is 5.75 Å². The molecule has 2 aliphatic rings. The van der Waals surface area contributed by atoms with Gasteiger partial charge in [-0.1, -0.05) is 6.07 Å². The molecule has 5 heteroatoms. The van der Waals surface area contributed by atoms with Crippen LogP contribution in [0, 0.1) is 0 Å². The van der Waals surface area contributed by atoms with Crippen LogP contribution in [0.2, 0.25) is 0 Å². The molecule has 2 aliphatic heterocycles. The fourth-order valence-electron chi connectivity index (χ4n) is 3.42. The van der Waals surface area contributed by atoms with Crippen molar-refractivity contribution in [3.8, 4) is 5.75 Å². The maximum atomic E-state index is 12.4. The molecule has 21 heavy (non-hydrogen) atoms. The van der Waals surface area contributed by atoms with Crippen molar-refractivity contribution in [3.63, 3.8) is 0 Å².